The van der Waals surface area contributed by atoms with Crippen LogP contribution in [0.5, 0.6) is 0 Å². The molecule has 0 fully saturated rings. The van der Waals surface area contributed by atoms with Gasteiger partial charge < -0.3 is 4.42 Å². The molecule has 0 saturated heterocycles. The lowest BCUT2D eigenvalue weighted by atomic mass is 9.93. The number of rotatable bonds is 6. The minimum absolute atomic E-state index is 0.560. The fraction of sp³-hybridized carbons (Fsp3) is 0. The number of hydrogen-bond donors (Lipinski definition) is 0. The van der Waals surface area contributed by atoms with Crippen molar-refractivity contribution in [1.82, 2.24) is 19.9 Å². The van der Waals surface area contributed by atoms with Gasteiger partial charge in [-0.25, -0.2) is 4.98 Å². The fourth-order valence-corrected chi connectivity index (χ4v) is 5.62. The maximum Gasteiger partial charge on any atom is 0.230 e. The van der Waals surface area contributed by atoms with Crippen molar-refractivity contribution < 1.29 is 4.42 Å². The van der Waals surface area contributed by atoms with Crippen molar-refractivity contribution in [2.75, 3.05) is 0 Å². The smallest absolute Gasteiger partial charge is 0.230 e. The zero-order valence-electron chi connectivity index (χ0n) is 24.2. The van der Waals surface area contributed by atoms with E-state index in [1.807, 2.05) is 85.2 Å². The second-order valence-corrected chi connectivity index (χ2v) is 10.8. The van der Waals surface area contributed by atoms with Gasteiger partial charge in [-0.05, 0) is 70.8 Å². The van der Waals surface area contributed by atoms with E-state index in [-0.39, 0.29) is 0 Å². The number of fused-ring (bicyclic) bond motifs is 1. The molecule has 0 aliphatic carbocycles. The van der Waals surface area contributed by atoms with Crippen molar-refractivity contribution in [1.29, 1.82) is 0 Å². The monoisotopic (exact) mass is 578 g/mol. The van der Waals surface area contributed by atoms with Crippen molar-refractivity contribution in [3.63, 3.8) is 0 Å². The molecule has 8 rings (SSSR count). The molecule has 0 saturated carbocycles. The topological polar surface area (TPSA) is 64.7 Å². The number of nitrogens with zero attached hydrogens (tertiary/aromatic N) is 4. The van der Waals surface area contributed by atoms with Gasteiger partial charge in [-0.2, -0.15) is 4.98 Å². The first-order valence-corrected chi connectivity index (χ1v) is 14.8. The summed E-state index contributed by atoms with van der Waals surface area (Å²) in [7, 11) is 0. The summed E-state index contributed by atoms with van der Waals surface area (Å²) in [6.45, 7) is 0. The predicted molar refractivity (Wildman–Crippen MR) is 180 cm³/mol. The molecule has 0 radical (unpaired) electrons. The Balaban J connectivity index is 1.28. The highest BCUT2D eigenvalue weighted by atomic mass is 16.3. The number of benzene rings is 4. The zero-order valence-corrected chi connectivity index (χ0v) is 24.2. The number of hydrogen-bond acceptors (Lipinski definition) is 5. The van der Waals surface area contributed by atoms with E-state index in [0.717, 1.165) is 67.0 Å². The molecule has 0 spiro atoms. The van der Waals surface area contributed by atoms with E-state index in [2.05, 4.69) is 76.7 Å². The van der Waals surface area contributed by atoms with Crippen molar-refractivity contribution in [2.24, 2.45) is 0 Å². The van der Waals surface area contributed by atoms with Crippen molar-refractivity contribution in [2.45, 2.75) is 0 Å². The van der Waals surface area contributed by atoms with Crippen LogP contribution in [0.2, 0.25) is 0 Å². The lowest BCUT2D eigenvalue weighted by Crippen LogP contribution is -1.94. The van der Waals surface area contributed by atoms with Gasteiger partial charge in [0, 0.05) is 34.6 Å². The SMILES string of the molecule is c1ccc(-c2nc(-c3cc(-c4ccc(-c5ccccn5)cc4)cc(-c4ccc(-c5ccccn5)cc4)c3)c3ccoc3n2)cc1. The second kappa shape index (κ2) is 11.5. The van der Waals surface area contributed by atoms with Gasteiger partial charge in [0.25, 0.3) is 0 Å². The van der Waals surface area contributed by atoms with Crippen LogP contribution in [0.3, 0.4) is 0 Å². The van der Waals surface area contributed by atoms with E-state index < -0.39 is 0 Å². The number of aromatic nitrogens is 4. The van der Waals surface area contributed by atoms with Crippen LogP contribution in [-0.2, 0) is 0 Å². The van der Waals surface area contributed by atoms with Crippen LogP contribution in [0, 0.1) is 0 Å². The summed E-state index contributed by atoms with van der Waals surface area (Å²) in [6, 6.07) is 47.6. The maximum absolute atomic E-state index is 5.82. The molecule has 212 valence electrons. The first-order valence-electron chi connectivity index (χ1n) is 14.8. The quantitative estimate of drug-likeness (QED) is 0.196. The minimum atomic E-state index is 0.560. The van der Waals surface area contributed by atoms with Gasteiger partial charge >= 0.3 is 0 Å². The van der Waals surface area contributed by atoms with Crippen LogP contribution < -0.4 is 0 Å². The van der Waals surface area contributed by atoms with E-state index in [9.17, 15) is 0 Å². The van der Waals surface area contributed by atoms with Gasteiger partial charge in [-0.1, -0.05) is 91.0 Å². The molecular weight excluding hydrogens is 552 g/mol. The summed E-state index contributed by atoms with van der Waals surface area (Å²) in [4.78, 5) is 18.9. The van der Waals surface area contributed by atoms with Crippen molar-refractivity contribution in [3.05, 3.63) is 158 Å². The van der Waals surface area contributed by atoms with Gasteiger partial charge in [-0.3, -0.25) is 9.97 Å². The Morgan fingerprint density at radius 3 is 1.49 bits per heavy atom. The third kappa shape index (κ3) is 5.28. The van der Waals surface area contributed by atoms with E-state index in [1.54, 1.807) is 6.26 Å². The van der Waals surface area contributed by atoms with Crippen molar-refractivity contribution >= 4 is 11.1 Å². The summed E-state index contributed by atoms with van der Waals surface area (Å²) >= 11 is 0. The first kappa shape index (κ1) is 26.4. The average Bonchev–Trinajstić information content (AvgIpc) is 3.61. The van der Waals surface area contributed by atoms with E-state index >= 15 is 0 Å². The van der Waals surface area contributed by atoms with Gasteiger partial charge in [0.2, 0.25) is 5.71 Å². The maximum atomic E-state index is 5.82. The van der Waals surface area contributed by atoms with E-state index in [0.29, 0.717) is 11.5 Å². The highest BCUT2D eigenvalue weighted by molar-refractivity contribution is 5.93. The fourth-order valence-electron chi connectivity index (χ4n) is 5.62. The van der Waals surface area contributed by atoms with Crippen LogP contribution in [-0.4, -0.2) is 19.9 Å². The highest BCUT2D eigenvalue weighted by Gasteiger charge is 2.16. The van der Waals surface area contributed by atoms with Gasteiger partial charge in [0.15, 0.2) is 5.82 Å². The Kier molecular flexibility index (Phi) is 6.74. The van der Waals surface area contributed by atoms with Crippen LogP contribution >= 0.6 is 0 Å². The molecule has 5 nitrogen and oxygen atoms in total. The standard InChI is InChI=1S/C40H26N4O/c1-2-8-31(9-3-1)39-43-38(35-20-23-45-40(35)44-39)34-25-32(27-12-16-29(17-13-27)36-10-4-6-21-41-36)24-33(26-34)28-14-18-30(19-15-28)37-11-5-7-22-42-37/h1-26H. The minimum Gasteiger partial charge on any atom is -0.446 e. The van der Waals surface area contributed by atoms with Gasteiger partial charge in [-0.15, -0.1) is 0 Å². The Morgan fingerprint density at radius 2 is 0.933 bits per heavy atom. The molecule has 0 aliphatic heterocycles. The summed E-state index contributed by atoms with van der Waals surface area (Å²) in [5.41, 5.74) is 11.7. The van der Waals surface area contributed by atoms with Crippen LogP contribution in [0.15, 0.2) is 163 Å². The molecule has 5 heteroatoms. The predicted octanol–water partition coefficient (Wildman–Crippen LogP) is 10.0. The summed E-state index contributed by atoms with van der Waals surface area (Å²) in [6.07, 6.45) is 5.31. The van der Waals surface area contributed by atoms with E-state index in [1.165, 1.54) is 0 Å². The van der Waals surface area contributed by atoms with Crippen LogP contribution in [0.4, 0.5) is 0 Å². The normalized spacial score (nSPS) is 11.1. The largest absolute Gasteiger partial charge is 0.446 e. The molecule has 4 heterocycles. The zero-order chi connectivity index (χ0) is 30.0. The summed E-state index contributed by atoms with van der Waals surface area (Å²) in [5, 5.41) is 0.869. The molecule has 0 aliphatic rings. The lowest BCUT2D eigenvalue weighted by molar-refractivity contribution is 0.603. The summed E-state index contributed by atoms with van der Waals surface area (Å²) < 4.78 is 5.82. The Labute approximate surface area is 260 Å². The second-order valence-electron chi connectivity index (χ2n) is 10.8. The summed E-state index contributed by atoms with van der Waals surface area (Å²) in [5.74, 6) is 0.624. The molecule has 4 aromatic carbocycles. The number of pyridine rings is 2. The first-order chi connectivity index (χ1) is 22.3. The molecular formula is C40H26N4O. The Hall–Kier alpha value is -6.20. The van der Waals surface area contributed by atoms with Gasteiger partial charge in [0.05, 0.1) is 28.7 Å². The molecule has 8 aromatic rings. The molecule has 0 atom stereocenters. The van der Waals surface area contributed by atoms with Crippen LogP contribution in [0.25, 0.3) is 78.5 Å². The molecule has 0 N–H and O–H groups in total. The van der Waals surface area contributed by atoms with Crippen molar-refractivity contribution in [3.8, 4) is 67.4 Å². The Morgan fingerprint density at radius 1 is 0.400 bits per heavy atom. The third-order valence-corrected chi connectivity index (χ3v) is 7.92. The molecule has 4 aromatic heterocycles. The molecule has 45 heavy (non-hydrogen) atoms. The van der Waals surface area contributed by atoms with E-state index in [4.69, 9.17) is 14.4 Å². The third-order valence-electron chi connectivity index (χ3n) is 7.92. The average molecular weight is 579 g/mol. The Bertz CT molecular complexity index is 2130. The number of furan rings is 1. The van der Waals surface area contributed by atoms with Gasteiger partial charge in [0.1, 0.15) is 0 Å². The molecule has 0 amide bonds. The highest BCUT2D eigenvalue weighted by Crippen LogP contribution is 2.37. The molecule has 0 unspecified atom stereocenters. The molecule has 0 bridgehead atoms. The lowest BCUT2D eigenvalue weighted by Gasteiger charge is -2.13. The van der Waals surface area contributed by atoms with Crippen LogP contribution in [0.1, 0.15) is 0 Å².